The smallest absolute Gasteiger partial charge is 0.136 e. The second-order valence-corrected chi connectivity index (χ2v) is 6.36. The van der Waals surface area contributed by atoms with E-state index in [1.165, 1.54) is 44.9 Å². The van der Waals surface area contributed by atoms with E-state index in [9.17, 15) is 0 Å². The van der Waals surface area contributed by atoms with Crippen molar-refractivity contribution in [2.24, 2.45) is 5.92 Å². The third kappa shape index (κ3) is 3.22. The molecule has 3 rings (SSSR count). The van der Waals surface area contributed by atoms with E-state index in [-0.39, 0.29) is 0 Å². The molecule has 4 nitrogen and oxygen atoms in total. The Morgan fingerprint density at radius 2 is 2.05 bits per heavy atom. The van der Waals surface area contributed by atoms with Gasteiger partial charge in [0.1, 0.15) is 17.5 Å². The Hall–Kier alpha value is -1.32. The fourth-order valence-electron chi connectivity index (χ4n) is 3.25. The summed E-state index contributed by atoms with van der Waals surface area (Å²) in [5, 5.41) is 0. The molecule has 1 saturated heterocycles. The van der Waals surface area contributed by atoms with Crippen molar-refractivity contribution in [1.29, 1.82) is 0 Å². The van der Waals surface area contributed by atoms with Gasteiger partial charge in [-0.2, -0.15) is 0 Å². The number of hydrogen-bond donors (Lipinski definition) is 1. The first-order chi connectivity index (χ1) is 9.76. The van der Waals surface area contributed by atoms with Crippen LogP contribution < -0.4 is 10.6 Å². The highest BCUT2D eigenvalue weighted by molar-refractivity contribution is 5.47. The third-order valence-electron chi connectivity index (χ3n) is 4.56. The zero-order valence-electron chi connectivity index (χ0n) is 12.5. The van der Waals surface area contributed by atoms with E-state index >= 15 is 0 Å². The summed E-state index contributed by atoms with van der Waals surface area (Å²) in [5.74, 6) is 4.11. The molecular formula is C16H26N4. The minimum Gasteiger partial charge on any atom is -0.384 e. The summed E-state index contributed by atoms with van der Waals surface area (Å²) in [4.78, 5) is 11.6. The molecule has 0 spiro atoms. The maximum atomic E-state index is 5.97. The highest BCUT2D eigenvalue weighted by Crippen LogP contribution is 2.39. The predicted octanol–water partition coefficient (Wildman–Crippen LogP) is 3.34. The molecule has 0 bridgehead atoms. The molecule has 1 unspecified atom stereocenters. The zero-order valence-corrected chi connectivity index (χ0v) is 12.5. The van der Waals surface area contributed by atoms with Gasteiger partial charge in [0.25, 0.3) is 0 Å². The van der Waals surface area contributed by atoms with E-state index < -0.39 is 0 Å². The zero-order chi connectivity index (χ0) is 13.9. The van der Waals surface area contributed by atoms with Gasteiger partial charge in [0.15, 0.2) is 0 Å². The highest BCUT2D eigenvalue weighted by atomic mass is 15.2. The van der Waals surface area contributed by atoms with Gasteiger partial charge in [0.05, 0.1) is 0 Å². The van der Waals surface area contributed by atoms with Crippen LogP contribution in [-0.4, -0.2) is 23.1 Å². The third-order valence-corrected chi connectivity index (χ3v) is 4.56. The van der Waals surface area contributed by atoms with E-state index in [1.54, 1.807) is 0 Å². The number of aromatic nitrogens is 2. The lowest BCUT2D eigenvalue weighted by atomic mass is 9.96. The standard InChI is InChI=1S/C16H26N4/c1-2-4-12-5-3-9-20(10-8-12)15-11-14(17)18-16(19-15)13-6-7-13/h11-13H,2-10H2,1H3,(H2,17,18,19). The van der Waals surface area contributed by atoms with Crippen LogP contribution in [0.25, 0.3) is 0 Å². The van der Waals surface area contributed by atoms with E-state index in [4.69, 9.17) is 10.7 Å². The molecule has 4 heteroatoms. The number of nitrogens with two attached hydrogens (primary N) is 1. The second-order valence-electron chi connectivity index (χ2n) is 6.36. The number of nitrogens with zero attached hydrogens (tertiary/aromatic N) is 3. The van der Waals surface area contributed by atoms with Crippen molar-refractivity contribution in [2.45, 2.75) is 57.8 Å². The van der Waals surface area contributed by atoms with Gasteiger partial charge in [0.2, 0.25) is 0 Å². The maximum Gasteiger partial charge on any atom is 0.136 e. The van der Waals surface area contributed by atoms with Crippen molar-refractivity contribution in [3.63, 3.8) is 0 Å². The van der Waals surface area contributed by atoms with Gasteiger partial charge >= 0.3 is 0 Å². The largest absolute Gasteiger partial charge is 0.384 e. The summed E-state index contributed by atoms with van der Waals surface area (Å²) in [6, 6.07) is 1.95. The molecule has 2 heterocycles. The molecule has 1 aliphatic heterocycles. The molecule has 0 radical (unpaired) electrons. The first kappa shape index (κ1) is 13.7. The van der Waals surface area contributed by atoms with E-state index in [0.717, 1.165) is 30.6 Å². The Labute approximate surface area is 121 Å². The Morgan fingerprint density at radius 3 is 2.80 bits per heavy atom. The lowest BCUT2D eigenvalue weighted by molar-refractivity contribution is 0.435. The average Bonchev–Trinajstić information content (AvgIpc) is 3.26. The lowest BCUT2D eigenvalue weighted by Crippen LogP contribution is -2.26. The summed E-state index contributed by atoms with van der Waals surface area (Å²) in [6.45, 7) is 4.52. The Kier molecular flexibility index (Phi) is 4.08. The normalized spacial score (nSPS) is 23.6. The van der Waals surface area contributed by atoms with Crippen molar-refractivity contribution in [2.75, 3.05) is 23.7 Å². The summed E-state index contributed by atoms with van der Waals surface area (Å²) < 4.78 is 0. The summed E-state index contributed by atoms with van der Waals surface area (Å²) in [5.41, 5.74) is 5.97. The van der Waals surface area contributed by atoms with Gasteiger partial charge in [-0.3, -0.25) is 0 Å². The summed E-state index contributed by atoms with van der Waals surface area (Å²) >= 11 is 0. The Bertz CT molecular complexity index is 456. The van der Waals surface area contributed by atoms with Gasteiger partial charge in [0, 0.05) is 25.1 Å². The number of anilines is 2. The quantitative estimate of drug-likeness (QED) is 0.915. The van der Waals surface area contributed by atoms with Crippen LogP contribution >= 0.6 is 0 Å². The topological polar surface area (TPSA) is 55.0 Å². The summed E-state index contributed by atoms with van der Waals surface area (Å²) in [6.07, 6.45) is 9.04. The van der Waals surface area contributed by atoms with Crippen LogP contribution in [0.5, 0.6) is 0 Å². The molecule has 0 aromatic carbocycles. The SMILES string of the molecule is CCCC1CCCN(c2cc(N)nc(C3CC3)n2)CC1. The first-order valence-electron chi connectivity index (χ1n) is 8.15. The molecule has 2 fully saturated rings. The molecule has 1 atom stereocenters. The minimum atomic E-state index is 0.567. The van der Waals surface area contributed by atoms with Gasteiger partial charge in [-0.1, -0.05) is 19.8 Å². The maximum absolute atomic E-state index is 5.97. The molecule has 1 aromatic heterocycles. The molecular weight excluding hydrogens is 248 g/mol. The van der Waals surface area contributed by atoms with Crippen LogP contribution in [0.4, 0.5) is 11.6 Å². The number of hydrogen-bond acceptors (Lipinski definition) is 4. The van der Waals surface area contributed by atoms with Gasteiger partial charge in [-0.25, -0.2) is 9.97 Å². The minimum absolute atomic E-state index is 0.567. The second kappa shape index (κ2) is 5.98. The Balaban J connectivity index is 1.71. The Morgan fingerprint density at radius 1 is 1.20 bits per heavy atom. The van der Waals surface area contributed by atoms with Crippen LogP contribution in [0.15, 0.2) is 6.07 Å². The van der Waals surface area contributed by atoms with E-state index in [2.05, 4.69) is 16.8 Å². The monoisotopic (exact) mass is 274 g/mol. The van der Waals surface area contributed by atoms with Gasteiger partial charge in [-0.15, -0.1) is 0 Å². The van der Waals surface area contributed by atoms with Gasteiger partial charge in [-0.05, 0) is 38.0 Å². The summed E-state index contributed by atoms with van der Waals surface area (Å²) in [7, 11) is 0. The van der Waals surface area contributed by atoms with Crippen LogP contribution in [0.1, 0.15) is 63.6 Å². The van der Waals surface area contributed by atoms with Gasteiger partial charge < -0.3 is 10.6 Å². The molecule has 1 aromatic rings. The fraction of sp³-hybridized carbons (Fsp3) is 0.750. The van der Waals surface area contributed by atoms with Crippen molar-refractivity contribution in [3.05, 3.63) is 11.9 Å². The van der Waals surface area contributed by atoms with Crippen molar-refractivity contribution < 1.29 is 0 Å². The van der Waals surface area contributed by atoms with E-state index in [1.807, 2.05) is 6.07 Å². The molecule has 1 saturated carbocycles. The predicted molar refractivity (Wildman–Crippen MR) is 82.9 cm³/mol. The highest BCUT2D eigenvalue weighted by Gasteiger charge is 2.28. The molecule has 2 aliphatic rings. The van der Waals surface area contributed by atoms with Crippen LogP contribution in [0, 0.1) is 5.92 Å². The van der Waals surface area contributed by atoms with E-state index in [0.29, 0.717) is 11.7 Å². The van der Waals surface area contributed by atoms with Crippen LogP contribution in [0.3, 0.4) is 0 Å². The molecule has 2 N–H and O–H groups in total. The van der Waals surface area contributed by atoms with Crippen molar-refractivity contribution in [3.8, 4) is 0 Å². The lowest BCUT2D eigenvalue weighted by Gasteiger charge is -2.22. The molecule has 20 heavy (non-hydrogen) atoms. The van der Waals surface area contributed by atoms with Crippen molar-refractivity contribution in [1.82, 2.24) is 9.97 Å². The fourth-order valence-corrected chi connectivity index (χ4v) is 3.25. The number of nitrogen functional groups attached to an aromatic ring is 1. The number of rotatable bonds is 4. The average molecular weight is 274 g/mol. The van der Waals surface area contributed by atoms with Crippen molar-refractivity contribution >= 4 is 11.6 Å². The molecule has 0 amide bonds. The molecule has 1 aliphatic carbocycles. The first-order valence-corrected chi connectivity index (χ1v) is 8.15. The van der Waals surface area contributed by atoms with Crippen LogP contribution in [0.2, 0.25) is 0 Å². The molecule has 110 valence electrons. The van der Waals surface area contributed by atoms with Crippen LogP contribution in [-0.2, 0) is 0 Å².